The molecule has 0 bridgehead atoms. The van der Waals surface area contributed by atoms with Gasteiger partial charge in [0.15, 0.2) is 0 Å². The smallest absolute Gasteiger partial charge is 0.131 e. The molecule has 0 aliphatic carbocycles. The third-order valence-corrected chi connectivity index (χ3v) is 3.03. The lowest BCUT2D eigenvalue weighted by Crippen LogP contribution is -2.04. The first-order valence-corrected chi connectivity index (χ1v) is 6.04. The molecule has 0 heterocycles. The normalized spacial score (nSPS) is 10.5. The zero-order valence-electron chi connectivity index (χ0n) is 10.00. The van der Waals surface area contributed by atoms with Gasteiger partial charge in [-0.05, 0) is 30.3 Å². The maximum Gasteiger partial charge on any atom is 0.131 e. The number of rotatable bonds is 4. The number of benzene rings is 2. The lowest BCUT2D eigenvalue weighted by Gasteiger charge is -2.12. The van der Waals surface area contributed by atoms with E-state index in [2.05, 4.69) is 0 Å². The van der Waals surface area contributed by atoms with Gasteiger partial charge >= 0.3 is 0 Å². The van der Waals surface area contributed by atoms with E-state index in [4.69, 9.17) is 22.1 Å². The van der Waals surface area contributed by atoms with Crippen LogP contribution in [0.25, 0.3) is 0 Å². The van der Waals surface area contributed by atoms with E-state index in [1.54, 1.807) is 6.07 Å². The van der Waals surface area contributed by atoms with E-state index in [0.29, 0.717) is 11.3 Å². The molecule has 0 fully saturated rings. The molecule has 0 aliphatic rings. The highest BCUT2D eigenvalue weighted by atomic mass is 35.5. The third kappa shape index (κ3) is 3.22. The molecule has 2 aromatic rings. The van der Waals surface area contributed by atoms with Crippen molar-refractivity contribution in [3.63, 3.8) is 0 Å². The Kier molecular flexibility index (Phi) is 4.35. The summed E-state index contributed by atoms with van der Waals surface area (Å²) < 4.78 is 32.0. The van der Waals surface area contributed by atoms with Crippen LogP contribution >= 0.6 is 11.6 Å². The Bertz CT molecular complexity index is 569. The van der Waals surface area contributed by atoms with Crippen LogP contribution in [-0.2, 0) is 13.2 Å². The molecule has 0 aliphatic heterocycles. The molecule has 2 N–H and O–H groups in total. The van der Waals surface area contributed by atoms with Gasteiger partial charge in [0.25, 0.3) is 0 Å². The molecule has 0 spiro atoms. The summed E-state index contributed by atoms with van der Waals surface area (Å²) in [5.41, 5.74) is 6.28. The van der Waals surface area contributed by atoms with E-state index in [1.807, 2.05) is 0 Å². The Morgan fingerprint density at radius 2 is 1.95 bits per heavy atom. The number of hydrogen-bond donors (Lipinski definition) is 1. The van der Waals surface area contributed by atoms with Crippen molar-refractivity contribution in [2.24, 2.45) is 5.73 Å². The summed E-state index contributed by atoms with van der Waals surface area (Å²) in [4.78, 5) is 0. The van der Waals surface area contributed by atoms with Crippen LogP contribution in [0.5, 0.6) is 5.75 Å². The van der Waals surface area contributed by atoms with Crippen molar-refractivity contribution in [2.45, 2.75) is 13.2 Å². The summed E-state index contributed by atoms with van der Waals surface area (Å²) in [6.07, 6.45) is 0. The van der Waals surface area contributed by atoms with E-state index in [0.717, 1.165) is 0 Å². The SMILES string of the molecule is NCc1cc(F)ccc1OCc1c(F)cccc1Cl. The van der Waals surface area contributed by atoms with Crippen LogP contribution in [0.2, 0.25) is 5.02 Å². The fourth-order valence-corrected chi connectivity index (χ4v) is 1.89. The third-order valence-electron chi connectivity index (χ3n) is 2.68. The average Bonchev–Trinajstić information content (AvgIpc) is 2.39. The van der Waals surface area contributed by atoms with Crippen LogP contribution in [0.4, 0.5) is 8.78 Å². The Morgan fingerprint density at radius 1 is 1.16 bits per heavy atom. The van der Waals surface area contributed by atoms with Crippen molar-refractivity contribution in [1.29, 1.82) is 0 Å². The highest BCUT2D eigenvalue weighted by Gasteiger charge is 2.09. The molecule has 2 rings (SSSR count). The molecule has 19 heavy (non-hydrogen) atoms. The van der Waals surface area contributed by atoms with Gasteiger partial charge in [0, 0.05) is 17.7 Å². The Labute approximate surface area is 114 Å². The summed E-state index contributed by atoms with van der Waals surface area (Å²) >= 11 is 5.89. The second-order valence-corrected chi connectivity index (χ2v) is 4.35. The molecule has 2 nitrogen and oxygen atoms in total. The minimum Gasteiger partial charge on any atom is -0.488 e. The van der Waals surface area contributed by atoms with Crippen LogP contribution < -0.4 is 10.5 Å². The summed E-state index contributed by atoms with van der Waals surface area (Å²) in [7, 11) is 0. The molecule has 0 amide bonds. The maximum atomic E-state index is 13.6. The van der Waals surface area contributed by atoms with Gasteiger partial charge in [-0.3, -0.25) is 0 Å². The number of ether oxygens (including phenoxy) is 1. The van der Waals surface area contributed by atoms with Gasteiger partial charge in [0.1, 0.15) is 24.0 Å². The Morgan fingerprint density at radius 3 is 2.63 bits per heavy atom. The number of nitrogens with two attached hydrogens (primary N) is 1. The number of hydrogen-bond acceptors (Lipinski definition) is 2. The van der Waals surface area contributed by atoms with Crippen molar-refractivity contribution < 1.29 is 13.5 Å². The fraction of sp³-hybridized carbons (Fsp3) is 0.143. The average molecular weight is 284 g/mol. The summed E-state index contributed by atoms with van der Waals surface area (Å²) in [5.74, 6) is -0.413. The minimum absolute atomic E-state index is 0.0376. The van der Waals surface area contributed by atoms with Gasteiger partial charge in [-0.25, -0.2) is 8.78 Å². The van der Waals surface area contributed by atoms with Gasteiger partial charge in [0.2, 0.25) is 0 Å². The highest BCUT2D eigenvalue weighted by molar-refractivity contribution is 6.31. The van der Waals surface area contributed by atoms with Crippen LogP contribution in [0.15, 0.2) is 36.4 Å². The molecule has 100 valence electrons. The van der Waals surface area contributed by atoms with E-state index in [9.17, 15) is 8.78 Å². The van der Waals surface area contributed by atoms with Crippen molar-refractivity contribution in [3.05, 3.63) is 64.2 Å². The van der Waals surface area contributed by atoms with Gasteiger partial charge in [-0.2, -0.15) is 0 Å². The Balaban J connectivity index is 2.19. The lowest BCUT2D eigenvalue weighted by atomic mass is 10.2. The predicted molar refractivity (Wildman–Crippen MR) is 70.0 cm³/mol. The van der Waals surface area contributed by atoms with Gasteiger partial charge in [-0.1, -0.05) is 17.7 Å². The predicted octanol–water partition coefficient (Wildman–Crippen LogP) is 3.66. The van der Waals surface area contributed by atoms with Crippen LogP contribution in [0, 0.1) is 11.6 Å². The fourth-order valence-electron chi connectivity index (χ4n) is 1.67. The lowest BCUT2D eigenvalue weighted by molar-refractivity contribution is 0.296. The second-order valence-electron chi connectivity index (χ2n) is 3.95. The number of halogens is 3. The van der Waals surface area contributed by atoms with E-state index >= 15 is 0 Å². The van der Waals surface area contributed by atoms with E-state index in [-0.39, 0.29) is 23.7 Å². The van der Waals surface area contributed by atoms with Crippen molar-refractivity contribution in [2.75, 3.05) is 0 Å². The topological polar surface area (TPSA) is 35.2 Å². The largest absolute Gasteiger partial charge is 0.488 e. The molecule has 0 atom stereocenters. The standard InChI is InChI=1S/C14H12ClF2NO/c15-12-2-1-3-13(17)11(12)8-19-14-5-4-10(16)6-9(14)7-18/h1-6H,7-8,18H2. The first-order valence-electron chi connectivity index (χ1n) is 5.66. The first-order chi connectivity index (χ1) is 9.11. The molecule has 5 heteroatoms. The summed E-state index contributed by atoms with van der Waals surface area (Å²) in [6, 6.07) is 8.42. The zero-order valence-corrected chi connectivity index (χ0v) is 10.8. The van der Waals surface area contributed by atoms with Crippen LogP contribution in [-0.4, -0.2) is 0 Å². The summed E-state index contributed by atoms with van der Waals surface area (Å²) in [5, 5.41) is 0.288. The first kappa shape index (κ1) is 13.8. The molecule has 0 unspecified atom stereocenters. The molecule has 0 radical (unpaired) electrons. The van der Waals surface area contributed by atoms with Crippen LogP contribution in [0.1, 0.15) is 11.1 Å². The molecule has 0 aromatic heterocycles. The molecule has 0 saturated carbocycles. The second kappa shape index (κ2) is 5.99. The minimum atomic E-state index is -0.441. The summed E-state index contributed by atoms with van der Waals surface area (Å²) in [6.45, 7) is 0.0994. The van der Waals surface area contributed by atoms with E-state index in [1.165, 1.54) is 30.3 Å². The van der Waals surface area contributed by atoms with E-state index < -0.39 is 11.6 Å². The Hall–Kier alpha value is -1.65. The quantitative estimate of drug-likeness (QED) is 0.929. The molecular formula is C14H12ClF2NO. The molecular weight excluding hydrogens is 272 g/mol. The monoisotopic (exact) mass is 283 g/mol. The highest BCUT2D eigenvalue weighted by Crippen LogP contribution is 2.24. The van der Waals surface area contributed by atoms with Gasteiger partial charge in [-0.15, -0.1) is 0 Å². The zero-order chi connectivity index (χ0) is 13.8. The van der Waals surface area contributed by atoms with Gasteiger partial charge in [0.05, 0.1) is 5.02 Å². The maximum absolute atomic E-state index is 13.6. The molecule has 2 aromatic carbocycles. The van der Waals surface area contributed by atoms with Crippen molar-refractivity contribution >= 4 is 11.6 Å². The van der Waals surface area contributed by atoms with Crippen LogP contribution in [0.3, 0.4) is 0 Å². The van der Waals surface area contributed by atoms with Crippen molar-refractivity contribution in [3.8, 4) is 5.75 Å². The molecule has 0 saturated heterocycles. The van der Waals surface area contributed by atoms with Crippen molar-refractivity contribution in [1.82, 2.24) is 0 Å². The van der Waals surface area contributed by atoms with Gasteiger partial charge < -0.3 is 10.5 Å².